The topological polar surface area (TPSA) is 35.2 Å². The van der Waals surface area contributed by atoms with Gasteiger partial charge in [-0.05, 0) is 42.0 Å². The minimum Gasteiger partial charge on any atom is -0.451 e. The molecular weight excluding hydrogens is 304 g/mol. The van der Waals surface area contributed by atoms with Gasteiger partial charge in [-0.25, -0.2) is 8.78 Å². The highest BCUT2D eigenvalue weighted by atomic mass is 79.9. The molecule has 2 aromatic carbocycles. The van der Waals surface area contributed by atoms with Gasteiger partial charge in [0.15, 0.2) is 17.4 Å². The molecule has 2 N–H and O–H groups in total. The van der Waals surface area contributed by atoms with Crippen molar-refractivity contribution >= 4 is 15.9 Å². The van der Waals surface area contributed by atoms with Gasteiger partial charge in [-0.2, -0.15) is 0 Å². The number of benzene rings is 2. The summed E-state index contributed by atoms with van der Waals surface area (Å²) in [6.45, 7) is 0.0758. The highest BCUT2D eigenvalue weighted by Crippen LogP contribution is 2.29. The van der Waals surface area contributed by atoms with Gasteiger partial charge in [0.2, 0.25) is 0 Å². The van der Waals surface area contributed by atoms with Crippen LogP contribution in [0.5, 0.6) is 11.5 Å². The second kappa shape index (κ2) is 5.46. The number of halogens is 3. The predicted octanol–water partition coefficient (Wildman–Crippen LogP) is 3.98. The fourth-order valence-electron chi connectivity index (χ4n) is 1.45. The SMILES string of the molecule is NCc1cc(F)c(Oc2ccc(Br)cc2)c(F)c1. The van der Waals surface area contributed by atoms with Crippen molar-refractivity contribution in [3.8, 4) is 11.5 Å². The molecule has 0 aliphatic carbocycles. The first-order valence-electron chi connectivity index (χ1n) is 5.21. The van der Waals surface area contributed by atoms with Gasteiger partial charge in [0.1, 0.15) is 5.75 Å². The lowest BCUT2D eigenvalue weighted by Gasteiger charge is -2.09. The van der Waals surface area contributed by atoms with Gasteiger partial charge >= 0.3 is 0 Å². The Bertz CT molecular complexity index is 534. The third kappa shape index (κ3) is 2.86. The minimum absolute atomic E-state index is 0.0758. The average molecular weight is 314 g/mol. The number of ether oxygens (including phenoxy) is 1. The Balaban J connectivity index is 2.31. The first-order valence-corrected chi connectivity index (χ1v) is 6.01. The summed E-state index contributed by atoms with van der Waals surface area (Å²) in [5.74, 6) is -1.59. The molecule has 18 heavy (non-hydrogen) atoms. The molecule has 2 nitrogen and oxygen atoms in total. The molecule has 94 valence electrons. The molecule has 0 aliphatic rings. The van der Waals surface area contributed by atoms with E-state index in [2.05, 4.69) is 15.9 Å². The Labute approximate surface area is 112 Å². The fourth-order valence-corrected chi connectivity index (χ4v) is 1.71. The van der Waals surface area contributed by atoms with E-state index in [1.165, 1.54) is 0 Å². The van der Waals surface area contributed by atoms with E-state index in [4.69, 9.17) is 10.5 Å². The molecule has 5 heteroatoms. The van der Waals surface area contributed by atoms with E-state index in [0.717, 1.165) is 16.6 Å². The molecule has 0 amide bonds. The molecule has 0 atom stereocenters. The standard InChI is InChI=1S/C13H10BrF2NO/c14-9-1-3-10(4-2-9)18-13-11(15)5-8(7-17)6-12(13)16/h1-6H,7,17H2. The fraction of sp³-hybridized carbons (Fsp3) is 0.0769. The third-order valence-electron chi connectivity index (χ3n) is 2.33. The Kier molecular flexibility index (Phi) is 3.93. The highest BCUT2D eigenvalue weighted by molar-refractivity contribution is 9.10. The number of nitrogens with two attached hydrogens (primary N) is 1. The molecule has 0 saturated heterocycles. The van der Waals surface area contributed by atoms with Crippen LogP contribution in [0, 0.1) is 11.6 Å². The van der Waals surface area contributed by atoms with E-state index in [0.29, 0.717) is 11.3 Å². The number of hydrogen-bond acceptors (Lipinski definition) is 2. The lowest BCUT2D eigenvalue weighted by molar-refractivity contribution is 0.406. The third-order valence-corrected chi connectivity index (χ3v) is 2.86. The molecule has 0 aliphatic heterocycles. The molecule has 0 heterocycles. The lowest BCUT2D eigenvalue weighted by atomic mass is 10.2. The summed E-state index contributed by atoms with van der Waals surface area (Å²) in [4.78, 5) is 0. The van der Waals surface area contributed by atoms with Gasteiger partial charge < -0.3 is 10.5 Å². The van der Waals surface area contributed by atoms with Gasteiger partial charge in [0.25, 0.3) is 0 Å². The summed E-state index contributed by atoms with van der Waals surface area (Å²) < 4.78 is 33.3. The summed E-state index contributed by atoms with van der Waals surface area (Å²) in [6, 6.07) is 8.99. The predicted molar refractivity (Wildman–Crippen MR) is 68.5 cm³/mol. The second-order valence-corrected chi connectivity index (χ2v) is 4.56. The first kappa shape index (κ1) is 13.0. The molecule has 0 unspecified atom stereocenters. The zero-order valence-electron chi connectivity index (χ0n) is 9.29. The summed E-state index contributed by atoms with van der Waals surface area (Å²) in [5.41, 5.74) is 5.71. The van der Waals surface area contributed by atoms with Gasteiger partial charge in [0.05, 0.1) is 0 Å². The highest BCUT2D eigenvalue weighted by Gasteiger charge is 2.13. The summed E-state index contributed by atoms with van der Waals surface area (Å²) in [5, 5.41) is 0. The van der Waals surface area contributed by atoms with Crippen LogP contribution in [0.25, 0.3) is 0 Å². The molecule has 0 bridgehead atoms. The Hall–Kier alpha value is -1.46. The van der Waals surface area contributed by atoms with Gasteiger partial charge in [-0.3, -0.25) is 0 Å². The van der Waals surface area contributed by atoms with Gasteiger partial charge in [-0.1, -0.05) is 15.9 Å². The molecule has 2 aromatic rings. The molecule has 0 aromatic heterocycles. The van der Waals surface area contributed by atoms with E-state index in [1.807, 2.05) is 0 Å². The van der Waals surface area contributed by atoms with E-state index >= 15 is 0 Å². The van der Waals surface area contributed by atoms with Crippen LogP contribution in [0.4, 0.5) is 8.78 Å². The van der Waals surface area contributed by atoms with E-state index < -0.39 is 17.4 Å². The molecular formula is C13H10BrF2NO. The van der Waals surface area contributed by atoms with Crippen LogP contribution in [0.1, 0.15) is 5.56 Å². The summed E-state index contributed by atoms with van der Waals surface area (Å²) >= 11 is 3.26. The summed E-state index contributed by atoms with van der Waals surface area (Å²) in [6.07, 6.45) is 0. The lowest BCUT2D eigenvalue weighted by Crippen LogP contribution is -2.00. The molecule has 0 radical (unpaired) electrons. The van der Waals surface area contributed by atoms with Gasteiger partial charge in [0, 0.05) is 11.0 Å². The molecule has 0 spiro atoms. The van der Waals surface area contributed by atoms with Crippen LogP contribution in [0.2, 0.25) is 0 Å². The molecule has 2 rings (SSSR count). The maximum absolute atomic E-state index is 13.6. The number of rotatable bonds is 3. The van der Waals surface area contributed by atoms with Crippen molar-refractivity contribution in [3.63, 3.8) is 0 Å². The Morgan fingerprint density at radius 2 is 1.61 bits per heavy atom. The quantitative estimate of drug-likeness (QED) is 0.930. The largest absolute Gasteiger partial charge is 0.451 e. The van der Waals surface area contributed by atoms with Crippen molar-refractivity contribution in [2.24, 2.45) is 5.73 Å². The first-order chi connectivity index (χ1) is 8.60. The normalized spacial score (nSPS) is 10.4. The smallest absolute Gasteiger partial charge is 0.198 e. The second-order valence-electron chi connectivity index (χ2n) is 3.65. The monoisotopic (exact) mass is 313 g/mol. The van der Waals surface area contributed by atoms with Crippen LogP contribution in [0.15, 0.2) is 40.9 Å². The van der Waals surface area contributed by atoms with Crippen molar-refractivity contribution in [1.29, 1.82) is 0 Å². The summed E-state index contributed by atoms with van der Waals surface area (Å²) in [7, 11) is 0. The van der Waals surface area contributed by atoms with E-state index in [1.54, 1.807) is 24.3 Å². The van der Waals surface area contributed by atoms with Crippen molar-refractivity contribution in [2.75, 3.05) is 0 Å². The average Bonchev–Trinajstić information content (AvgIpc) is 2.35. The van der Waals surface area contributed by atoms with Crippen molar-refractivity contribution in [3.05, 3.63) is 58.1 Å². The maximum Gasteiger partial charge on any atom is 0.198 e. The molecule has 0 saturated carbocycles. The van der Waals surface area contributed by atoms with Crippen LogP contribution < -0.4 is 10.5 Å². The van der Waals surface area contributed by atoms with E-state index in [-0.39, 0.29) is 6.54 Å². The number of hydrogen-bond donors (Lipinski definition) is 1. The van der Waals surface area contributed by atoms with Crippen LogP contribution >= 0.6 is 15.9 Å². The van der Waals surface area contributed by atoms with Crippen molar-refractivity contribution < 1.29 is 13.5 Å². The van der Waals surface area contributed by atoms with E-state index in [9.17, 15) is 8.78 Å². The Morgan fingerprint density at radius 3 is 2.11 bits per heavy atom. The van der Waals surface area contributed by atoms with Crippen LogP contribution in [0.3, 0.4) is 0 Å². The van der Waals surface area contributed by atoms with Crippen LogP contribution in [-0.2, 0) is 6.54 Å². The van der Waals surface area contributed by atoms with Crippen LogP contribution in [-0.4, -0.2) is 0 Å². The van der Waals surface area contributed by atoms with Gasteiger partial charge in [-0.15, -0.1) is 0 Å². The molecule has 0 fully saturated rings. The zero-order valence-corrected chi connectivity index (χ0v) is 10.9. The zero-order chi connectivity index (χ0) is 13.1. The van der Waals surface area contributed by atoms with Crippen molar-refractivity contribution in [1.82, 2.24) is 0 Å². The van der Waals surface area contributed by atoms with Crippen molar-refractivity contribution in [2.45, 2.75) is 6.54 Å². The minimum atomic E-state index is -0.765. The Morgan fingerprint density at radius 1 is 1.06 bits per heavy atom. The maximum atomic E-state index is 13.6.